The van der Waals surface area contributed by atoms with E-state index >= 15 is 0 Å². The number of rotatable bonds is 4. The van der Waals surface area contributed by atoms with Gasteiger partial charge in [0, 0.05) is 10.6 Å². The van der Waals surface area contributed by atoms with Crippen LogP contribution in [0.1, 0.15) is 18.1 Å². The zero-order valence-corrected chi connectivity index (χ0v) is 16.2. The molecule has 6 heteroatoms. The summed E-state index contributed by atoms with van der Waals surface area (Å²) in [6.45, 7) is 4.41. The van der Waals surface area contributed by atoms with Crippen LogP contribution in [0.25, 0.3) is 6.08 Å². The molecule has 1 amide bonds. The van der Waals surface area contributed by atoms with Gasteiger partial charge in [0.2, 0.25) is 0 Å². The molecule has 2 aromatic rings. The van der Waals surface area contributed by atoms with Gasteiger partial charge in [-0.2, -0.15) is 0 Å². The molecule has 2 aromatic carbocycles. The van der Waals surface area contributed by atoms with E-state index in [1.807, 2.05) is 56.3 Å². The van der Waals surface area contributed by atoms with Gasteiger partial charge < -0.3 is 4.74 Å². The summed E-state index contributed by atoms with van der Waals surface area (Å²) < 4.78 is 6.11. The zero-order chi connectivity index (χ0) is 18.0. The smallest absolute Gasteiger partial charge is 0.270 e. The van der Waals surface area contributed by atoms with Crippen LogP contribution in [0.5, 0.6) is 5.75 Å². The van der Waals surface area contributed by atoms with E-state index in [1.54, 1.807) is 6.07 Å². The van der Waals surface area contributed by atoms with Crippen molar-refractivity contribution < 1.29 is 9.53 Å². The van der Waals surface area contributed by atoms with Gasteiger partial charge in [0.25, 0.3) is 5.91 Å². The molecule has 0 aliphatic carbocycles. The number of thioether (sulfide) groups is 1. The van der Waals surface area contributed by atoms with Crippen molar-refractivity contribution >= 4 is 57.6 Å². The van der Waals surface area contributed by atoms with Gasteiger partial charge in [0.05, 0.1) is 17.2 Å². The summed E-state index contributed by atoms with van der Waals surface area (Å²) in [5.41, 5.74) is 2.49. The van der Waals surface area contributed by atoms with Crippen LogP contribution in [0.3, 0.4) is 0 Å². The minimum Gasteiger partial charge on any atom is -0.493 e. The van der Waals surface area contributed by atoms with Crippen molar-refractivity contribution in [2.45, 2.75) is 13.8 Å². The van der Waals surface area contributed by atoms with Crippen LogP contribution >= 0.6 is 35.6 Å². The molecule has 128 valence electrons. The third-order valence-electron chi connectivity index (χ3n) is 3.71. The van der Waals surface area contributed by atoms with E-state index in [0.717, 1.165) is 16.9 Å². The Morgan fingerprint density at radius 1 is 1.28 bits per heavy atom. The van der Waals surface area contributed by atoms with Crippen LogP contribution in [-0.4, -0.2) is 16.8 Å². The monoisotopic (exact) mass is 389 g/mol. The molecular weight excluding hydrogens is 374 g/mol. The molecule has 0 atom stereocenters. The van der Waals surface area contributed by atoms with Gasteiger partial charge in [-0.3, -0.25) is 9.69 Å². The Bertz CT molecular complexity index is 879. The number of hydrogen-bond acceptors (Lipinski definition) is 4. The van der Waals surface area contributed by atoms with E-state index in [0.29, 0.717) is 26.5 Å². The summed E-state index contributed by atoms with van der Waals surface area (Å²) in [4.78, 5) is 14.9. The van der Waals surface area contributed by atoms with Gasteiger partial charge in [-0.25, -0.2) is 0 Å². The lowest BCUT2D eigenvalue weighted by Gasteiger charge is -2.15. The largest absolute Gasteiger partial charge is 0.493 e. The van der Waals surface area contributed by atoms with Crippen molar-refractivity contribution in [1.82, 2.24) is 0 Å². The summed E-state index contributed by atoms with van der Waals surface area (Å²) in [6, 6.07) is 13.1. The minimum absolute atomic E-state index is 0.152. The molecule has 1 fully saturated rings. The fraction of sp³-hybridized carbons (Fsp3) is 0.158. The molecular formula is C19H16ClNO2S2. The SMILES string of the molecule is CCOc1ccccc1/C=C1\SC(=S)N(c2ccc(C)c(Cl)c2)C1=O. The first kappa shape index (κ1) is 18.0. The number of hydrogen-bond donors (Lipinski definition) is 0. The summed E-state index contributed by atoms with van der Waals surface area (Å²) in [6.07, 6.45) is 1.82. The van der Waals surface area contributed by atoms with Crippen LogP contribution in [0.2, 0.25) is 5.02 Å². The van der Waals surface area contributed by atoms with Gasteiger partial charge in [0.15, 0.2) is 4.32 Å². The van der Waals surface area contributed by atoms with Crippen molar-refractivity contribution in [2.24, 2.45) is 0 Å². The predicted molar refractivity (Wildman–Crippen MR) is 109 cm³/mol. The maximum Gasteiger partial charge on any atom is 0.270 e. The predicted octanol–water partition coefficient (Wildman–Crippen LogP) is 5.45. The van der Waals surface area contributed by atoms with E-state index in [1.165, 1.54) is 16.7 Å². The lowest BCUT2D eigenvalue weighted by molar-refractivity contribution is -0.113. The Balaban J connectivity index is 1.95. The normalized spacial score (nSPS) is 16.0. The van der Waals surface area contributed by atoms with E-state index in [-0.39, 0.29) is 5.91 Å². The van der Waals surface area contributed by atoms with Crippen LogP contribution < -0.4 is 9.64 Å². The molecule has 0 bridgehead atoms. The Hall–Kier alpha value is -1.82. The first-order valence-electron chi connectivity index (χ1n) is 7.77. The highest BCUT2D eigenvalue weighted by molar-refractivity contribution is 8.27. The fourth-order valence-electron chi connectivity index (χ4n) is 2.44. The summed E-state index contributed by atoms with van der Waals surface area (Å²) in [7, 11) is 0. The molecule has 3 rings (SSSR count). The van der Waals surface area contributed by atoms with Crippen molar-refractivity contribution in [2.75, 3.05) is 11.5 Å². The number of amides is 1. The highest BCUT2D eigenvalue weighted by Gasteiger charge is 2.33. The number of para-hydroxylation sites is 1. The maximum atomic E-state index is 12.9. The van der Waals surface area contributed by atoms with Gasteiger partial charge in [-0.15, -0.1) is 0 Å². The van der Waals surface area contributed by atoms with Crippen LogP contribution in [0.15, 0.2) is 47.4 Å². The molecule has 0 N–H and O–H groups in total. The molecule has 1 aliphatic heterocycles. The summed E-state index contributed by atoms with van der Waals surface area (Å²) in [5.74, 6) is 0.592. The summed E-state index contributed by atoms with van der Waals surface area (Å²) in [5, 5.41) is 0.609. The molecule has 0 radical (unpaired) electrons. The number of anilines is 1. The number of thiocarbonyl (C=S) groups is 1. The number of aryl methyl sites for hydroxylation is 1. The molecule has 1 saturated heterocycles. The number of ether oxygens (including phenoxy) is 1. The van der Waals surface area contributed by atoms with Crippen molar-refractivity contribution in [3.8, 4) is 5.75 Å². The van der Waals surface area contributed by atoms with Crippen LogP contribution in [-0.2, 0) is 4.79 Å². The summed E-state index contributed by atoms with van der Waals surface area (Å²) >= 11 is 12.9. The molecule has 25 heavy (non-hydrogen) atoms. The Morgan fingerprint density at radius 2 is 2.04 bits per heavy atom. The number of nitrogens with zero attached hydrogens (tertiary/aromatic N) is 1. The van der Waals surface area contributed by atoms with Gasteiger partial charge in [-0.1, -0.05) is 59.8 Å². The minimum atomic E-state index is -0.152. The molecule has 1 heterocycles. The van der Waals surface area contributed by atoms with Gasteiger partial charge in [0.1, 0.15) is 5.75 Å². The first-order chi connectivity index (χ1) is 12.0. The number of benzene rings is 2. The third kappa shape index (κ3) is 3.73. The molecule has 0 spiro atoms. The van der Waals surface area contributed by atoms with E-state index in [9.17, 15) is 4.79 Å². The quantitative estimate of drug-likeness (QED) is 0.513. The number of carbonyl (C=O) groups is 1. The number of carbonyl (C=O) groups excluding carboxylic acids is 1. The second-order valence-electron chi connectivity index (χ2n) is 5.42. The highest BCUT2D eigenvalue weighted by Crippen LogP contribution is 2.38. The van der Waals surface area contributed by atoms with Gasteiger partial charge >= 0.3 is 0 Å². The first-order valence-corrected chi connectivity index (χ1v) is 9.37. The molecule has 0 aromatic heterocycles. The molecule has 3 nitrogen and oxygen atoms in total. The molecule has 0 saturated carbocycles. The third-order valence-corrected chi connectivity index (χ3v) is 5.42. The topological polar surface area (TPSA) is 29.5 Å². The molecule has 0 unspecified atom stereocenters. The van der Waals surface area contributed by atoms with Gasteiger partial charge in [-0.05, 0) is 43.7 Å². The second kappa shape index (κ2) is 7.60. The van der Waals surface area contributed by atoms with Crippen molar-refractivity contribution in [1.29, 1.82) is 0 Å². The Morgan fingerprint density at radius 3 is 2.76 bits per heavy atom. The highest BCUT2D eigenvalue weighted by atomic mass is 35.5. The van der Waals surface area contributed by atoms with Crippen molar-refractivity contribution in [3.63, 3.8) is 0 Å². The van der Waals surface area contributed by atoms with Crippen LogP contribution in [0.4, 0.5) is 5.69 Å². The average Bonchev–Trinajstić information content (AvgIpc) is 2.86. The van der Waals surface area contributed by atoms with E-state index in [4.69, 9.17) is 28.6 Å². The Kier molecular flexibility index (Phi) is 5.47. The number of halogens is 1. The van der Waals surface area contributed by atoms with E-state index < -0.39 is 0 Å². The second-order valence-corrected chi connectivity index (χ2v) is 7.50. The molecule has 1 aliphatic rings. The lowest BCUT2D eigenvalue weighted by Crippen LogP contribution is -2.27. The zero-order valence-electron chi connectivity index (χ0n) is 13.8. The van der Waals surface area contributed by atoms with Crippen LogP contribution in [0, 0.1) is 6.92 Å². The fourth-order valence-corrected chi connectivity index (χ4v) is 3.90. The Labute approximate surface area is 161 Å². The average molecular weight is 390 g/mol. The van der Waals surface area contributed by atoms with E-state index in [2.05, 4.69) is 0 Å². The standard InChI is InChI=1S/C19H16ClNO2S2/c1-3-23-16-7-5-4-6-13(16)10-17-18(22)21(19(24)25-17)14-9-8-12(2)15(20)11-14/h4-11H,3H2,1-2H3/b17-10-. The van der Waals surface area contributed by atoms with Crippen molar-refractivity contribution in [3.05, 3.63) is 63.5 Å². The lowest BCUT2D eigenvalue weighted by atomic mass is 10.1. The maximum absolute atomic E-state index is 12.9.